The highest BCUT2D eigenvalue weighted by molar-refractivity contribution is 6.05. The number of nitrogens with zero attached hydrogens (tertiary/aromatic N) is 3. The zero-order valence-corrected chi connectivity index (χ0v) is 17.3. The van der Waals surface area contributed by atoms with E-state index in [4.69, 9.17) is 0 Å². The van der Waals surface area contributed by atoms with Crippen LogP contribution in [0.25, 0.3) is 0 Å². The van der Waals surface area contributed by atoms with Crippen molar-refractivity contribution in [3.05, 3.63) is 46.5 Å². The van der Waals surface area contributed by atoms with Gasteiger partial charge in [-0.1, -0.05) is 19.4 Å². The van der Waals surface area contributed by atoms with E-state index in [1.165, 1.54) is 0 Å². The molecule has 0 spiro atoms. The van der Waals surface area contributed by atoms with Crippen molar-refractivity contribution in [2.24, 2.45) is 0 Å². The Hall–Kier alpha value is -2.63. The lowest BCUT2D eigenvalue weighted by Gasteiger charge is -2.20. The number of hydrogen-bond donors (Lipinski definition) is 1. The third kappa shape index (κ3) is 4.26. The van der Waals surface area contributed by atoms with Crippen molar-refractivity contribution in [3.63, 3.8) is 0 Å². The molecule has 150 valence electrons. The number of aromatic nitrogens is 2. The van der Waals surface area contributed by atoms with E-state index in [1.807, 2.05) is 30.5 Å². The number of carbonyl (C=O) groups is 2. The molecule has 3 rings (SSSR count). The van der Waals surface area contributed by atoms with Crippen LogP contribution in [0.3, 0.4) is 0 Å². The Kier molecular flexibility index (Phi) is 6.17. The largest absolute Gasteiger partial charge is 0.339 e. The Bertz CT molecular complexity index is 865. The standard InChI is InChI=1S/C22H30N4O2/c1-5-6-10-25(4)22(28)20-24-19(18-9-7-8-11-26(18)20)21(27)23-17-13-15(2)12-16(3)14-17/h12-14H,5-11H2,1-4H3,(H,23,27). The fourth-order valence-electron chi connectivity index (χ4n) is 3.79. The number of aryl methyl sites for hydroxylation is 2. The van der Waals surface area contributed by atoms with Crippen molar-refractivity contribution in [3.8, 4) is 0 Å². The number of unbranched alkanes of at least 4 members (excludes halogenated alkanes) is 1. The van der Waals surface area contributed by atoms with Gasteiger partial charge >= 0.3 is 0 Å². The number of benzene rings is 1. The van der Waals surface area contributed by atoms with Crippen LogP contribution in [0.5, 0.6) is 0 Å². The fraction of sp³-hybridized carbons (Fsp3) is 0.500. The topological polar surface area (TPSA) is 67.2 Å². The molecule has 0 fully saturated rings. The molecule has 28 heavy (non-hydrogen) atoms. The molecule has 2 amide bonds. The molecule has 1 N–H and O–H groups in total. The summed E-state index contributed by atoms with van der Waals surface area (Å²) in [5.74, 6) is 0.0341. The molecule has 2 heterocycles. The molecule has 1 aromatic carbocycles. The highest BCUT2D eigenvalue weighted by Gasteiger charge is 2.28. The van der Waals surface area contributed by atoms with Gasteiger partial charge in [0.2, 0.25) is 0 Å². The molecular weight excluding hydrogens is 352 g/mol. The molecule has 1 aromatic heterocycles. The van der Waals surface area contributed by atoms with Crippen molar-refractivity contribution in [2.45, 2.75) is 59.4 Å². The number of fused-ring (bicyclic) bond motifs is 1. The molecule has 0 aliphatic carbocycles. The number of anilines is 1. The van der Waals surface area contributed by atoms with Crippen molar-refractivity contribution in [1.82, 2.24) is 14.5 Å². The van der Waals surface area contributed by atoms with Gasteiger partial charge in [0.25, 0.3) is 11.8 Å². The molecule has 2 aromatic rings. The second-order valence-electron chi connectivity index (χ2n) is 7.75. The lowest BCUT2D eigenvalue weighted by atomic mass is 10.1. The summed E-state index contributed by atoms with van der Waals surface area (Å²) in [7, 11) is 1.80. The van der Waals surface area contributed by atoms with Gasteiger partial charge in [-0.15, -0.1) is 0 Å². The lowest BCUT2D eigenvalue weighted by Crippen LogP contribution is -2.31. The minimum atomic E-state index is -0.245. The minimum absolute atomic E-state index is 0.109. The number of hydrogen-bond acceptors (Lipinski definition) is 3. The van der Waals surface area contributed by atoms with Crippen molar-refractivity contribution < 1.29 is 9.59 Å². The van der Waals surface area contributed by atoms with Gasteiger partial charge in [-0.25, -0.2) is 4.98 Å². The van der Waals surface area contributed by atoms with Crippen molar-refractivity contribution in [1.29, 1.82) is 0 Å². The second kappa shape index (κ2) is 8.59. The number of amides is 2. The van der Waals surface area contributed by atoms with Crippen LogP contribution in [0.4, 0.5) is 5.69 Å². The summed E-state index contributed by atoms with van der Waals surface area (Å²) < 4.78 is 1.95. The molecule has 6 nitrogen and oxygen atoms in total. The van der Waals surface area contributed by atoms with Crippen LogP contribution in [-0.4, -0.2) is 39.9 Å². The smallest absolute Gasteiger partial charge is 0.289 e. The highest BCUT2D eigenvalue weighted by atomic mass is 16.2. The molecule has 0 atom stereocenters. The number of imidazole rings is 1. The quantitative estimate of drug-likeness (QED) is 0.822. The number of carbonyl (C=O) groups excluding carboxylic acids is 2. The van der Waals surface area contributed by atoms with E-state index in [9.17, 15) is 9.59 Å². The summed E-state index contributed by atoms with van der Waals surface area (Å²) in [6, 6.07) is 5.95. The SMILES string of the molecule is CCCCN(C)C(=O)c1nc(C(=O)Nc2cc(C)cc(C)c2)c2n1CCCC2. The van der Waals surface area contributed by atoms with Crippen molar-refractivity contribution >= 4 is 17.5 Å². The van der Waals surface area contributed by atoms with Gasteiger partial charge in [0.15, 0.2) is 11.5 Å². The maximum absolute atomic E-state index is 13.0. The van der Waals surface area contributed by atoms with Gasteiger partial charge in [0.05, 0.1) is 5.69 Å². The molecule has 0 unspecified atom stereocenters. The maximum Gasteiger partial charge on any atom is 0.289 e. The predicted molar refractivity (Wildman–Crippen MR) is 111 cm³/mol. The summed E-state index contributed by atoms with van der Waals surface area (Å²) >= 11 is 0. The van der Waals surface area contributed by atoms with Crippen LogP contribution >= 0.6 is 0 Å². The fourth-order valence-corrected chi connectivity index (χ4v) is 3.79. The Morgan fingerprint density at radius 1 is 1.18 bits per heavy atom. The van der Waals surface area contributed by atoms with E-state index < -0.39 is 0 Å². The Labute approximate surface area is 166 Å². The van der Waals surface area contributed by atoms with E-state index in [1.54, 1.807) is 11.9 Å². The van der Waals surface area contributed by atoms with Crippen LogP contribution in [0.1, 0.15) is 70.5 Å². The molecule has 0 saturated carbocycles. The van der Waals surface area contributed by atoms with Gasteiger partial charge in [-0.2, -0.15) is 0 Å². The van der Waals surface area contributed by atoms with Crippen LogP contribution < -0.4 is 5.32 Å². The first-order valence-electron chi connectivity index (χ1n) is 10.1. The summed E-state index contributed by atoms with van der Waals surface area (Å²) in [4.78, 5) is 32.1. The Morgan fingerprint density at radius 3 is 2.57 bits per heavy atom. The molecule has 1 aliphatic heterocycles. The molecule has 0 bridgehead atoms. The van der Waals surface area contributed by atoms with E-state index >= 15 is 0 Å². The van der Waals surface area contributed by atoms with E-state index in [2.05, 4.69) is 23.3 Å². The van der Waals surface area contributed by atoms with Crippen LogP contribution in [0, 0.1) is 13.8 Å². The summed E-state index contributed by atoms with van der Waals surface area (Å²) in [5, 5.41) is 2.97. The minimum Gasteiger partial charge on any atom is -0.339 e. The third-order valence-electron chi connectivity index (χ3n) is 5.20. The van der Waals surface area contributed by atoms with Gasteiger partial charge in [-0.05, 0) is 62.8 Å². The van der Waals surface area contributed by atoms with E-state index in [0.717, 1.165) is 61.2 Å². The highest BCUT2D eigenvalue weighted by Crippen LogP contribution is 2.23. The monoisotopic (exact) mass is 382 g/mol. The summed E-state index contributed by atoms with van der Waals surface area (Å²) in [5.41, 5.74) is 4.20. The van der Waals surface area contributed by atoms with Crippen molar-refractivity contribution in [2.75, 3.05) is 18.9 Å². The average Bonchev–Trinajstić information content (AvgIpc) is 3.04. The number of rotatable bonds is 6. The van der Waals surface area contributed by atoms with Gasteiger partial charge in [0.1, 0.15) is 0 Å². The molecule has 0 radical (unpaired) electrons. The first-order valence-corrected chi connectivity index (χ1v) is 10.1. The van der Waals surface area contributed by atoms with Gasteiger partial charge < -0.3 is 14.8 Å². The first kappa shape index (κ1) is 20.1. The maximum atomic E-state index is 13.0. The first-order chi connectivity index (χ1) is 13.4. The predicted octanol–water partition coefficient (Wildman–Crippen LogP) is 3.96. The van der Waals surface area contributed by atoms with Crippen LogP contribution in [-0.2, 0) is 13.0 Å². The van der Waals surface area contributed by atoms with Crippen LogP contribution in [0.2, 0.25) is 0 Å². The zero-order chi connectivity index (χ0) is 20.3. The third-order valence-corrected chi connectivity index (χ3v) is 5.20. The van der Waals surface area contributed by atoms with E-state index in [-0.39, 0.29) is 11.8 Å². The lowest BCUT2D eigenvalue weighted by molar-refractivity contribution is 0.0775. The second-order valence-corrected chi connectivity index (χ2v) is 7.75. The Balaban J connectivity index is 1.89. The van der Waals surface area contributed by atoms with Gasteiger partial charge in [-0.3, -0.25) is 9.59 Å². The Morgan fingerprint density at radius 2 is 1.89 bits per heavy atom. The van der Waals surface area contributed by atoms with Crippen LogP contribution in [0.15, 0.2) is 18.2 Å². The number of nitrogens with one attached hydrogen (secondary N) is 1. The average molecular weight is 383 g/mol. The zero-order valence-electron chi connectivity index (χ0n) is 17.3. The normalized spacial score (nSPS) is 13.1. The molecule has 6 heteroatoms. The summed E-state index contributed by atoms with van der Waals surface area (Å²) in [6.07, 6.45) is 4.76. The molecular formula is C22H30N4O2. The van der Waals surface area contributed by atoms with Gasteiger partial charge in [0, 0.05) is 25.8 Å². The molecule has 1 aliphatic rings. The summed E-state index contributed by atoms with van der Waals surface area (Å²) in [6.45, 7) is 7.54. The van der Waals surface area contributed by atoms with E-state index in [0.29, 0.717) is 18.1 Å². The molecule has 0 saturated heterocycles.